The number of Topliss-reactive ketones (excluding diaryl/α,β-unsaturated/α-hetero) is 4. The highest BCUT2D eigenvalue weighted by Crippen LogP contribution is 2.55. The summed E-state index contributed by atoms with van der Waals surface area (Å²) in [5.74, 6) is -13.4. The lowest BCUT2D eigenvalue weighted by atomic mass is 9.49. The average molecular weight is 549 g/mol. The summed E-state index contributed by atoms with van der Waals surface area (Å²) in [5, 5.41) is 34.5. The highest BCUT2D eigenvalue weighted by molar-refractivity contribution is 6.32. The zero-order valence-electron chi connectivity index (χ0n) is 22.6. The smallest absolute Gasteiger partial charge is 0.235 e. The third kappa shape index (κ3) is 3.77. The summed E-state index contributed by atoms with van der Waals surface area (Å²) < 4.78 is 0. The van der Waals surface area contributed by atoms with Gasteiger partial charge in [0.25, 0.3) is 0 Å². The van der Waals surface area contributed by atoms with Crippen LogP contribution in [0.4, 0.5) is 0 Å². The summed E-state index contributed by atoms with van der Waals surface area (Å²) in [7, 11) is 2.93. The van der Waals surface area contributed by atoms with Crippen molar-refractivity contribution in [1.29, 1.82) is 0 Å². The summed E-state index contributed by atoms with van der Waals surface area (Å²) in [6.07, 6.45) is -1.42. The zero-order valence-corrected chi connectivity index (χ0v) is 22.6. The monoisotopic (exact) mass is 548 g/mol. The Hall–Kier alpha value is -3.73. The van der Waals surface area contributed by atoms with Gasteiger partial charge in [0.05, 0.1) is 29.5 Å². The molecule has 5 N–H and O–H groups in total. The van der Waals surface area contributed by atoms with E-state index in [9.17, 15) is 39.3 Å². The molecule has 2 saturated carbocycles. The molecule has 0 spiro atoms. The molecule has 210 valence electrons. The maximum atomic E-state index is 14.2. The van der Waals surface area contributed by atoms with Crippen molar-refractivity contribution in [3.8, 4) is 5.75 Å². The predicted molar refractivity (Wildman–Crippen MR) is 141 cm³/mol. The van der Waals surface area contributed by atoms with Gasteiger partial charge in [0, 0.05) is 5.92 Å². The number of ketones is 4. The standard InChI is InChI=1S/C30H32N2O8/c1-12-8-13(2)10-14(9-12)11-16-15-6-5-7-17(33)18(15)24(34)20-19(16)25(35)22-23(32(3)4)26(36)21(29(31)39)28(38)30(22,40)27(20)37/h5-10,16,19-23,25,33,35,40H,11H2,1-4H3,(H2,31,39)/t16?,19-,20?,21?,22-,23+,25+,30+/m0/s1. The van der Waals surface area contributed by atoms with E-state index < -0.39 is 76.4 Å². The molecule has 1 amide bonds. The number of nitrogens with zero attached hydrogens (tertiary/aromatic N) is 1. The first-order valence-corrected chi connectivity index (χ1v) is 13.1. The molecule has 40 heavy (non-hydrogen) atoms. The number of primary amides is 1. The molecule has 8 atom stereocenters. The summed E-state index contributed by atoms with van der Waals surface area (Å²) in [5.41, 5.74) is 5.48. The second kappa shape index (κ2) is 9.43. The number of aromatic hydroxyl groups is 1. The van der Waals surface area contributed by atoms with Gasteiger partial charge in [-0.1, -0.05) is 41.5 Å². The van der Waals surface area contributed by atoms with Gasteiger partial charge in [-0.2, -0.15) is 0 Å². The van der Waals surface area contributed by atoms with Crippen molar-refractivity contribution in [2.45, 2.75) is 43.9 Å². The third-order valence-electron chi connectivity index (χ3n) is 8.89. The van der Waals surface area contributed by atoms with Crippen LogP contribution in [0.1, 0.15) is 38.5 Å². The first kappa shape index (κ1) is 27.8. The van der Waals surface area contributed by atoms with E-state index in [0.29, 0.717) is 5.56 Å². The molecule has 0 aliphatic heterocycles. The Balaban J connectivity index is 1.75. The predicted octanol–water partition coefficient (Wildman–Crippen LogP) is 0.238. The van der Waals surface area contributed by atoms with Gasteiger partial charge in [-0.05, 0) is 57.5 Å². The number of fused-ring (bicyclic) bond motifs is 3. The average Bonchev–Trinajstić information content (AvgIpc) is 2.84. The SMILES string of the molecule is Cc1cc(C)cc(CC2c3cccc(O)c3C(=O)C3C(=O)[C@@]4(O)C(=O)C(C(N)=O)C(=O)[C@H](N(C)C)[C@H]4[C@H](O)[C@H]32)c1. The van der Waals surface area contributed by atoms with Crippen LogP contribution in [0.15, 0.2) is 36.4 Å². The van der Waals surface area contributed by atoms with E-state index in [-0.39, 0.29) is 17.7 Å². The number of benzene rings is 2. The van der Waals surface area contributed by atoms with Gasteiger partial charge < -0.3 is 21.1 Å². The molecule has 3 aliphatic rings. The van der Waals surface area contributed by atoms with Crippen molar-refractivity contribution in [2.75, 3.05) is 14.1 Å². The fourth-order valence-corrected chi connectivity index (χ4v) is 7.45. The molecule has 0 aromatic heterocycles. The number of amides is 1. The van der Waals surface area contributed by atoms with Crippen LogP contribution < -0.4 is 5.73 Å². The Labute approximate surface area is 230 Å². The Morgan fingerprint density at radius 2 is 1.65 bits per heavy atom. The fraction of sp³-hybridized carbons (Fsp3) is 0.433. The van der Waals surface area contributed by atoms with Crippen LogP contribution >= 0.6 is 0 Å². The number of aliphatic hydroxyl groups excluding tert-OH is 1. The van der Waals surface area contributed by atoms with Crippen molar-refractivity contribution in [2.24, 2.45) is 29.4 Å². The van der Waals surface area contributed by atoms with Crippen molar-refractivity contribution >= 4 is 29.0 Å². The van der Waals surface area contributed by atoms with Crippen molar-refractivity contribution < 1.29 is 39.3 Å². The molecule has 10 heteroatoms. The minimum absolute atomic E-state index is 0.115. The Bertz CT molecular complexity index is 1460. The number of carbonyl (C=O) groups is 5. The number of nitrogens with two attached hydrogens (primary N) is 1. The molecule has 0 bridgehead atoms. The first-order chi connectivity index (χ1) is 18.7. The number of phenolic OH excluding ortho intramolecular Hbond substituents is 1. The Kier molecular flexibility index (Phi) is 6.56. The topological polar surface area (TPSA) is 175 Å². The lowest BCUT2D eigenvalue weighted by Crippen LogP contribution is -2.77. The molecule has 2 fully saturated rings. The van der Waals surface area contributed by atoms with Gasteiger partial charge in [0.15, 0.2) is 34.7 Å². The van der Waals surface area contributed by atoms with Gasteiger partial charge in [-0.25, -0.2) is 0 Å². The van der Waals surface area contributed by atoms with Gasteiger partial charge in [0.2, 0.25) is 5.91 Å². The molecule has 0 radical (unpaired) electrons. The van der Waals surface area contributed by atoms with E-state index in [4.69, 9.17) is 5.73 Å². The van der Waals surface area contributed by atoms with Gasteiger partial charge in [-0.15, -0.1) is 0 Å². The zero-order chi connectivity index (χ0) is 29.4. The highest BCUT2D eigenvalue weighted by Gasteiger charge is 2.73. The lowest BCUT2D eigenvalue weighted by Gasteiger charge is -2.56. The van der Waals surface area contributed by atoms with E-state index in [2.05, 4.69) is 0 Å². The molecule has 3 aliphatic carbocycles. The van der Waals surface area contributed by atoms with E-state index in [1.54, 1.807) is 12.1 Å². The molecular weight excluding hydrogens is 516 g/mol. The number of likely N-dealkylation sites (N-methyl/N-ethyl adjacent to an activating group) is 1. The minimum atomic E-state index is -3.02. The number of phenols is 1. The van der Waals surface area contributed by atoms with Crippen LogP contribution in [0.5, 0.6) is 5.75 Å². The molecule has 5 rings (SSSR count). The van der Waals surface area contributed by atoms with Crippen molar-refractivity contribution in [1.82, 2.24) is 4.90 Å². The van der Waals surface area contributed by atoms with Crippen LogP contribution in [0.2, 0.25) is 0 Å². The van der Waals surface area contributed by atoms with Crippen LogP contribution in [0.3, 0.4) is 0 Å². The van der Waals surface area contributed by atoms with Crippen LogP contribution in [0, 0.1) is 37.5 Å². The summed E-state index contributed by atoms with van der Waals surface area (Å²) in [6, 6.07) is 9.00. The number of hydrogen-bond donors (Lipinski definition) is 4. The van der Waals surface area contributed by atoms with E-state index in [1.165, 1.54) is 25.1 Å². The fourth-order valence-electron chi connectivity index (χ4n) is 7.45. The molecule has 0 saturated heterocycles. The summed E-state index contributed by atoms with van der Waals surface area (Å²) in [6.45, 7) is 3.86. The lowest BCUT2D eigenvalue weighted by molar-refractivity contribution is -0.197. The highest BCUT2D eigenvalue weighted by atomic mass is 16.3. The molecule has 3 unspecified atom stereocenters. The Morgan fingerprint density at radius 1 is 1.02 bits per heavy atom. The first-order valence-electron chi connectivity index (χ1n) is 13.1. The maximum absolute atomic E-state index is 14.2. The molecule has 2 aromatic rings. The number of rotatable bonds is 4. The molecule has 2 aromatic carbocycles. The largest absolute Gasteiger partial charge is 0.507 e. The molecule has 0 heterocycles. The third-order valence-corrected chi connectivity index (χ3v) is 8.89. The van der Waals surface area contributed by atoms with E-state index in [1.807, 2.05) is 32.0 Å². The quantitative estimate of drug-likeness (QED) is 0.390. The van der Waals surface area contributed by atoms with Crippen LogP contribution in [-0.4, -0.2) is 81.1 Å². The Morgan fingerprint density at radius 3 is 2.23 bits per heavy atom. The minimum Gasteiger partial charge on any atom is -0.507 e. The second-order valence-electron chi connectivity index (χ2n) is 11.6. The van der Waals surface area contributed by atoms with Crippen LogP contribution in [-0.2, 0) is 25.6 Å². The normalized spacial score (nSPS) is 33.4. The van der Waals surface area contributed by atoms with Crippen LogP contribution in [0.25, 0.3) is 0 Å². The van der Waals surface area contributed by atoms with E-state index in [0.717, 1.165) is 16.7 Å². The number of aliphatic hydroxyl groups is 2. The van der Waals surface area contributed by atoms with Gasteiger partial charge in [0.1, 0.15) is 5.75 Å². The van der Waals surface area contributed by atoms with Crippen molar-refractivity contribution in [3.05, 3.63) is 64.2 Å². The number of aryl methyl sites for hydroxylation is 2. The molecular formula is C30H32N2O8. The number of hydrogen-bond acceptors (Lipinski definition) is 9. The summed E-state index contributed by atoms with van der Waals surface area (Å²) >= 11 is 0. The number of carbonyl (C=O) groups excluding carboxylic acids is 5. The summed E-state index contributed by atoms with van der Waals surface area (Å²) in [4.78, 5) is 68.5. The van der Waals surface area contributed by atoms with Gasteiger partial charge in [-0.3, -0.25) is 28.9 Å². The maximum Gasteiger partial charge on any atom is 0.235 e. The second-order valence-corrected chi connectivity index (χ2v) is 11.6. The van der Waals surface area contributed by atoms with Crippen molar-refractivity contribution in [3.63, 3.8) is 0 Å². The van der Waals surface area contributed by atoms with E-state index >= 15 is 0 Å². The molecule has 10 nitrogen and oxygen atoms in total. The van der Waals surface area contributed by atoms with Gasteiger partial charge >= 0.3 is 0 Å².